The Labute approximate surface area is 105 Å². The second-order valence-corrected chi connectivity index (χ2v) is 4.83. The van der Waals surface area contributed by atoms with Crippen molar-refractivity contribution in [2.75, 3.05) is 5.32 Å². The molecule has 2 rings (SSSR count). The molecule has 1 fully saturated rings. The van der Waals surface area contributed by atoms with E-state index >= 15 is 0 Å². The van der Waals surface area contributed by atoms with Crippen molar-refractivity contribution >= 4 is 39.2 Å². The first-order valence-electron chi connectivity index (χ1n) is 4.79. The van der Waals surface area contributed by atoms with Gasteiger partial charge in [0.1, 0.15) is 0 Å². The number of hydrogen-bond acceptors (Lipinski definition) is 1. The summed E-state index contributed by atoms with van der Waals surface area (Å²) >= 11 is 8.79. The molecule has 0 heterocycles. The van der Waals surface area contributed by atoms with E-state index in [1.165, 1.54) is 6.07 Å². The molecule has 16 heavy (non-hydrogen) atoms. The number of nitrogens with one attached hydrogen (secondary N) is 2. The predicted octanol–water partition coefficient (Wildman–Crippen LogP) is 3.53. The predicted molar refractivity (Wildman–Crippen MR) is 64.3 cm³/mol. The van der Waals surface area contributed by atoms with Crippen LogP contribution in [-0.2, 0) is 0 Å². The number of hydrogen-bond donors (Lipinski definition) is 2. The van der Waals surface area contributed by atoms with Crippen molar-refractivity contribution < 1.29 is 9.18 Å². The smallest absolute Gasteiger partial charge is 0.319 e. The van der Waals surface area contributed by atoms with E-state index in [9.17, 15) is 9.18 Å². The molecule has 86 valence electrons. The summed E-state index contributed by atoms with van der Waals surface area (Å²) in [6.07, 6.45) is 1.97. The molecule has 1 aromatic carbocycles. The van der Waals surface area contributed by atoms with Crippen molar-refractivity contribution in [3.8, 4) is 0 Å². The van der Waals surface area contributed by atoms with Gasteiger partial charge in [-0.25, -0.2) is 9.18 Å². The van der Waals surface area contributed by atoms with E-state index in [4.69, 9.17) is 11.6 Å². The lowest BCUT2D eigenvalue weighted by Crippen LogP contribution is -2.30. The summed E-state index contributed by atoms with van der Waals surface area (Å²) in [6, 6.07) is 2.87. The van der Waals surface area contributed by atoms with Gasteiger partial charge in [-0.3, -0.25) is 0 Å². The average molecular weight is 308 g/mol. The number of urea groups is 1. The molecule has 0 atom stereocenters. The fraction of sp³-hybridized carbons (Fsp3) is 0.300. The third kappa shape index (κ3) is 2.65. The highest BCUT2D eigenvalue weighted by Gasteiger charge is 2.23. The molecule has 0 bridgehead atoms. The third-order valence-electron chi connectivity index (χ3n) is 2.20. The lowest BCUT2D eigenvalue weighted by Gasteiger charge is -2.08. The molecular formula is C10H9BrClFN2O. The van der Waals surface area contributed by atoms with Crippen LogP contribution in [0, 0.1) is 5.82 Å². The van der Waals surface area contributed by atoms with Gasteiger partial charge in [-0.05, 0) is 40.9 Å². The Kier molecular flexibility index (Phi) is 3.35. The van der Waals surface area contributed by atoms with Gasteiger partial charge in [0.15, 0.2) is 5.82 Å². The normalized spacial score (nSPS) is 14.7. The molecule has 0 unspecified atom stereocenters. The molecule has 1 aliphatic rings. The zero-order valence-corrected chi connectivity index (χ0v) is 10.5. The minimum Gasteiger partial charge on any atom is -0.335 e. The molecule has 0 aliphatic heterocycles. The van der Waals surface area contributed by atoms with E-state index < -0.39 is 11.8 Å². The van der Waals surface area contributed by atoms with E-state index in [-0.39, 0.29) is 16.8 Å². The molecule has 2 amide bonds. The Hall–Kier alpha value is -0.810. The van der Waals surface area contributed by atoms with Crippen LogP contribution in [0.25, 0.3) is 0 Å². The molecule has 0 spiro atoms. The molecule has 6 heteroatoms. The number of anilines is 1. The summed E-state index contributed by atoms with van der Waals surface area (Å²) in [7, 11) is 0. The van der Waals surface area contributed by atoms with Gasteiger partial charge in [-0.15, -0.1) is 0 Å². The van der Waals surface area contributed by atoms with Crippen molar-refractivity contribution in [1.29, 1.82) is 0 Å². The third-order valence-corrected chi connectivity index (χ3v) is 3.45. The van der Waals surface area contributed by atoms with Gasteiger partial charge in [0.05, 0.1) is 10.7 Å². The molecule has 1 aliphatic carbocycles. The molecular weight excluding hydrogens is 298 g/mol. The van der Waals surface area contributed by atoms with Crippen LogP contribution in [0.2, 0.25) is 5.02 Å². The number of halogens is 3. The van der Waals surface area contributed by atoms with E-state index in [1.54, 1.807) is 6.07 Å². The highest BCUT2D eigenvalue weighted by atomic mass is 79.9. The first-order valence-corrected chi connectivity index (χ1v) is 5.96. The van der Waals surface area contributed by atoms with Gasteiger partial charge in [0.2, 0.25) is 0 Å². The van der Waals surface area contributed by atoms with Crippen LogP contribution in [0.5, 0.6) is 0 Å². The van der Waals surface area contributed by atoms with Gasteiger partial charge in [-0.2, -0.15) is 0 Å². The van der Waals surface area contributed by atoms with E-state index in [1.807, 2.05) is 0 Å². The fourth-order valence-corrected chi connectivity index (χ4v) is 1.66. The van der Waals surface area contributed by atoms with Gasteiger partial charge < -0.3 is 10.6 Å². The second kappa shape index (κ2) is 4.59. The van der Waals surface area contributed by atoms with Crippen molar-refractivity contribution in [2.45, 2.75) is 18.9 Å². The van der Waals surface area contributed by atoms with Crippen LogP contribution < -0.4 is 10.6 Å². The highest BCUT2D eigenvalue weighted by molar-refractivity contribution is 9.10. The van der Waals surface area contributed by atoms with Crippen LogP contribution in [0.4, 0.5) is 14.9 Å². The maximum absolute atomic E-state index is 13.6. The number of carbonyl (C=O) groups excluding carboxylic acids is 1. The lowest BCUT2D eigenvalue weighted by molar-refractivity contribution is 0.251. The Morgan fingerprint density at radius 3 is 2.81 bits per heavy atom. The average Bonchev–Trinajstić information content (AvgIpc) is 3.03. The number of amides is 2. The Morgan fingerprint density at radius 1 is 1.50 bits per heavy atom. The SMILES string of the molecule is O=C(Nc1ccc(Br)c(Cl)c1F)NC1CC1. The van der Waals surface area contributed by atoms with Gasteiger partial charge >= 0.3 is 6.03 Å². The first-order chi connectivity index (χ1) is 7.58. The largest absolute Gasteiger partial charge is 0.335 e. The van der Waals surface area contributed by atoms with Gasteiger partial charge in [0, 0.05) is 10.5 Å². The van der Waals surface area contributed by atoms with E-state index in [0.29, 0.717) is 4.47 Å². The maximum atomic E-state index is 13.6. The summed E-state index contributed by atoms with van der Waals surface area (Å²) in [5, 5.41) is 5.07. The standard InChI is InChI=1S/C10H9BrClFN2O/c11-6-3-4-7(9(13)8(6)12)15-10(16)14-5-1-2-5/h3-5H,1-2H2,(H2,14,15,16). The van der Waals surface area contributed by atoms with Crippen molar-refractivity contribution in [3.05, 3.63) is 27.4 Å². The van der Waals surface area contributed by atoms with Crippen LogP contribution in [-0.4, -0.2) is 12.1 Å². The summed E-state index contributed by atoms with van der Waals surface area (Å²) < 4.78 is 14.0. The summed E-state index contributed by atoms with van der Waals surface area (Å²) in [4.78, 5) is 11.4. The Morgan fingerprint density at radius 2 is 2.19 bits per heavy atom. The fourth-order valence-electron chi connectivity index (χ4n) is 1.19. The number of rotatable bonds is 2. The number of carbonyl (C=O) groups is 1. The van der Waals surface area contributed by atoms with Crippen molar-refractivity contribution in [1.82, 2.24) is 5.32 Å². The Bertz CT molecular complexity index is 437. The first kappa shape index (κ1) is 11.7. The van der Waals surface area contributed by atoms with Gasteiger partial charge in [-0.1, -0.05) is 11.6 Å². The minimum absolute atomic E-state index is 0.0378. The second-order valence-electron chi connectivity index (χ2n) is 3.60. The quantitative estimate of drug-likeness (QED) is 0.806. The Balaban J connectivity index is 2.08. The van der Waals surface area contributed by atoms with E-state index in [2.05, 4.69) is 26.6 Å². The zero-order chi connectivity index (χ0) is 11.7. The number of benzene rings is 1. The molecule has 0 aromatic heterocycles. The lowest BCUT2D eigenvalue weighted by atomic mass is 10.3. The molecule has 0 radical (unpaired) electrons. The van der Waals surface area contributed by atoms with Crippen LogP contribution in [0.1, 0.15) is 12.8 Å². The molecule has 1 saturated carbocycles. The highest BCUT2D eigenvalue weighted by Crippen LogP contribution is 2.30. The van der Waals surface area contributed by atoms with E-state index in [0.717, 1.165) is 12.8 Å². The van der Waals surface area contributed by atoms with Crippen LogP contribution >= 0.6 is 27.5 Å². The molecule has 3 nitrogen and oxygen atoms in total. The summed E-state index contributed by atoms with van der Waals surface area (Å²) in [5.41, 5.74) is 0.0753. The van der Waals surface area contributed by atoms with Crippen molar-refractivity contribution in [2.24, 2.45) is 0 Å². The monoisotopic (exact) mass is 306 g/mol. The molecule has 2 N–H and O–H groups in total. The van der Waals surface area contributed by atoms with Crippen LogP contribution in [0.3, 0.4) is 0 Å². The minimum atomic E-state index is -0.637. The zero-order valence-electron chi connectivity index (χ0n) is 8.19. The van der Waals surface area contributed by atoms with Gasteiger partial charge in [0.25, 0.3) is 0 Å². The van der Waals surface area contributed by atoms with Crippen molar-refractivity contribution in [3.63, 3.8) is 0 Å². The summed E-state index contributed by atoms with van der Waals surface area (Å²) in [5.74, 6) is -0.637. The van der Waals surface area contributed by atoms with Crippen LogP contribution in [0.15, 0.2) is 16.6 Å². The molecule has 0 saturated heterocycles. The molecule has 1 aromatic rings. The topological polar surface area (TPSA) is 41.1 Å². The maximum Gasteiger partial charge on any atom is 0.319 e. The summed E-state index contributed by atoms with van der Waals surface area (Å²) in [6.45, 7) is 0.